The van der Waals surface area contributed by atoms with E-state index in [2.05, 4.69) is 42.3 Å². The lowest BCUT2D eigenvalue weighted by Gasteiger charge is -2.17. The molecule has 0 aromatic heterocycles. The Morgan fingerprint density at radius 3 is 2.31 bits per heavy atom. The molecule has 3 nitrogen and oxygen atoms in total. The molecule has 0 unspecified atom stereocenters. The minimum absolute atomic E-state index is 0.661. The molecule has 3 rings (SSSR count). The maximum Gasteiger partial charge on any atom is 0.119 e. The minimum Gasteiger partial charge on any atom is -0.492 e. The molecule has 26 heavy (non-hydrogen) atoms. The first-order valence-electron chi connectivity index (χ1n) is 8.71. The number of ether oxygens (including phenoxy) is 1. The van der Waals surface area contributed by atoms with E-state index in [1.54, 1.807) is 0 Å². The molecule has 0 aliphatic carbocycles. The largest absolute Gasteiger partial charge is 0.492 e. The fourth-order valence-electron chi connectivity index (χ4n) is 2.85. The highest BCUT2D eigenvalue weighted by molar-refractivity contribution is 5.70. The maximum atomic E-state index is 9.25. The molecule has 0 aliphatic heterocycles. The van der Waals surface area contributed by atoms with E-state index < -0.39 is 0 Å². The van der Waals surface area contributed by atoms with Crippen LogP contribution in [0.15, 0.2) is 78.9 Å². The van der Waals surface area contributed by atoms with E-state index in [1.165, 1.54) is 5.56 Å². The van der Waals surface area contributed by atoms with Gasteiger partial charge >= 0.3 is 0 Å². The van der Waals surface area contributed by atoms with Crippen molar-refractivity contribution in [3.63, 3.8) is 0 Å². The zero-order chi connectivity index (χ0) is 18.2. The van der Waals surface area contributed by atoms with Gasteiger partial charge in [-0.1, -0.05) is 60.7 Å². The number of hydrogen-bond donors (Lipinski definition) is 0. The van der Waals surface area contributed by atoms with Gasteiger partial charge in [0.2, 0.25) is 0 Å². The Bertz CT molecular complexity index is 867. The van der Waals surface area contributed by atoms with Crippen LogP contribution in [0.2, 0.25) is 0 Å². The minimum atomic E-state index is 0.661. The molecule has 130 valence electrons. The molecule has 3 aromatic carbocycles. The van der Waals surface area contributed by atoms with Crippen molar-refractivity contribution in [2.45, 2.75) is 6.54 Å². The molecule has 0 spiro atoms. The fourth-order valence-corrected chi connectivity index (χ4v) is 2.85. The summed E-state index contributed by atoms with van der Waals surface area (Å²) in [6, 6.07) is 28.2. The summed E-state index contributed by atoms with van der Waals surface area (Å²) >= 11 is 0. The SMILES string of the molecule is CN(CCOc1ccccc1)Cc1ccc(-c2ccccc2C#N)cc1. The van der Waals surface area contributed by atoms with Crippen molar-refractivity contribution in [3.05, 3.63) is 90.0 Å². The number of hydrogen-bond acceptors (Lipinski definition) is 3. The van der Waals surface area contributed by atoms with Crippen molar-refractivity contribution in [1.82, 2.24) is 4.90 Å². The van der Waals surface area contributed by atoms with Crippen molar-refractivity contribution in [1.29, 1.82) is 5.26 Å². The van der Waals surface area contributed by atoms with Crippen LogP contribution in [0.25, 0.3) is 11.1 Å². The van der Waals surface area contributed by atoms with Crippen molar-refractivity contribution in [2.24, 2.45) is 0 Å². The summed E-state index contributed by atoms with van der Waals surface area (Å²) in [7, 11) is 2.09. The highest BCUT2D eigenvalue weighted by atomic mass is 16.5. The van der Waals surface area contributed by atoms with E-state index in [4.69, 9.17) is 4.74 Å². The van der Waals surface area contributed by atoms with Crippen LogP contribution in [0.1, 0.15) is 11.1 Å². The van der Waals surface area contributed by atoms with E-state index in [0.717, 1.165) is 30.0 Å². The number of nitrogens with zero attached hydrogens (tertiary/aromatic N) is 2. The fraction of sp³-hybridized carbons (Fsp3) is 0.174. The summed E-state index contributed by atoms with van der Waals surface area (Å²) < 4.78 is 5.74. The number of nitriles is 1. The van der Waals surface area contributed by atoms with Crippen LogP contribution < -0.4 is 4.74 Å². The summed E-state index contributed by atoms with van der Waals surface area (Å²) in [5, 5.41) is 9.25. The van der Waals surface area contributed by atoms with Crippen LogP contribution >= 0.6 is 0 Å². The Morgan fingerprint density at radius 1 is 0.885 bits per heavy atom. The number of rotatable bonds is 7. The molecule has 0 aliphatic rings. The smallest absolute Gasteiger partial charge is 0.119 e. The molecule has 0 fully saturated rings. The molecule has 0 saturated heterocycles. The van der Waals surface area contributed by atoms with Gasteiger partial charge in [-0.3, -0.25) is 4.90 Å². The Hall–Kier alpha value is -3.09. The van der Waals surface area contributed by atoms with E-state index in [9.17, 15) is 5.26 Å². The van der Waals surface area contributed by atoms with Crippen molar-refractivity contribution in [2.75, 3.05) is 20.2 Å². The highest BCUT2D eigenvalue weighted by Crippen LogP contribution is 2.23. The van der Waals surface area contributed by atoms with Gasteiger partial charge in [0.05, 0.1) is 11.6 Å². The van der Waals surface area contributed by atoms with Crippen LogP contribution in [-0.2, 0) is 6.54 Å². The predicted octanol–water partition coefficient (Wildman–Crippen LogP) is 4.74. The second kappa shape index (κ2) is 8.84. The quantitative estimate of drug-likeness (QED) is 0.622. The standard InChI is InChI=1S/C23H22N2O/c1-25(15-16-26-22-8-3-2-4-9-22)18-19-11-13-20(14-12-19)23-10-6-5-7-21(23)17-24/h2-14H,15-16,18H2,1H3. The lowest BCUT2D eigenvalue weighted by molar-refractivity contribution is 0.233. The lowest BCUT2D eigenvalue weighted by Crippen LogP contribution is -2.23. The van der Waals surface area contributed by atoms with Gasteiger partial charge in [0, 0.05) is 13.1 Å². The molecular formula is C23H22N2O. The molecule has 0 N–H and O–H groups in total. The van der Waals surface area contributed by atoms with Crippen LogP contribution in [0.4, 0.5) is 0 Å². The molecule has 0 bridgehead atoms. The summed E-state index contributed by atoms with van der Waals surface area (Å²) in [5.41, 5.74) is 3.99. The molecule has 0 amide bonds. The molecule has 0 radical (unpaired) electrons. The Kier molecular flexibility index (Phi) is 6.03. The van der Waals surface area contributed by atoms with Crippen LogP contribution in [0.3, 0.4) is 0 Å². The van der Waals surface area contributed by atoms with Crippen molar-refractivity contribution in [3.8, 4) is 22.9 Å². The van der Waals surface area contributed by atoms with Crippen LogP contribution in [0.5, 0.6) is 5.75 Å². The Labute approximate surface area is 155 Å². The van der Waals surface area contributed by atoms with Gasteiger partial charge in [-0.2, -0.15) is 5.26 Å². The maximum absolute atomic E-state index is 9.25. The van der Waals surface area contributed by atoms with Gasteiger partial charge in [-0.05, 0) is 41.9 Å². The van der Waals surface area contributed by atoms with Crippen molar-refractivity contribution < 1.29 is 4.74 Å². The van der Waals surface area contributed by atoms with Gasteiger partial charge in [0.1, 0.15) is 12.4 Å². The normalized spacial score (nSPS) is 10.5. The number of likely N-dealkylation sites (N-methyl/N-ethyl adjacent to an activating group) is 1. The zero-order valence-corrected chi connectivity index (χ0v) is 14.9. The third-order valence-corrected chi connectivity index (χ3v) is 4.25. The topological polar surface area (TPSA) is 36.3 Å². The van der Waals surface area contributed by atoms with E-state index in [-0.39, 0.29) is 0 Å². The van der Waals surface area contributed by atoms with E-state index >= 15 is 0 Å². The summed E-state index contributed by atoms with van der Waals surface area (Å²) in [5.74, 6) is 0.904. The lowest BCUT2D eigenvalue weighted by atomic mass is 9.99. The van der Waals surface area contributed by atoms with Gasteiger partial charge in [0.15, 0.2) is 0 Å². The highest BCUT2D eigenvalue weighted by Gasteiger charge is 2.05. The second-order valence-electron chi connectivity index (χ2n) is 6.25. The van der Waals surface area contributed by atoms with Crippen molar-refractivity contribution >= 4 is 0 Å². The van der Waals surface area contributed by atoms with Gasteiger partial charge in [-0.15, -0.1) is 0 Å². The molecule has 0 saturated carbocycles. The zero-order valence-electron chi connectivity index (χ0n) is 14.9. The Balaban J connectivity index is 1.55. The van der Waals surface area contributed by atoms with E-state index in [0.29, 0.717) is 12.2 Å². The first kappa shape index (κ1) is 17.7. The molecule has 0 atom stereocenters. The average molecular weight is 342 g/mol. The molecule has 0 heterocycles. The number of para-hydroxylation sites is 1. The molecular weight excluding hydrogens is 320 g/mol. The van der Waals surface area contributed by atoms with Crippen LogP contribution in [-0.4, -0.2) is 25.1 Å². The first-order valence-corrected chi connectivity index (χ1v) is 8.71. The third-order valence-electron chi connectivity index (χ3n) is 4.25. The summed E-state index contributed by atoms with van der Waals surface area (Å²) in [4.78, 5) is 2.24. The third kappa shape index (κ3) is 4.72. The predicted molar refractivity (Wildman–Crippen MR) is 105 cm³/mol. The second-order valence-corrected chi connectivity index (χ2v) is 6.25. The van der Waals surface area contributed by atoms with E-state index in [1.807, 2.05) is 54.6 Å². The monoisotopic (exact) mass is 342 g/mol. The Morgan fingerprint density at radius 2 is 1.58 bits per heavy atom. The van der Waals surface area contributed by atoms with Gasteiger partial charge < -0.3 is 4.74 Å². The molecule has 3 heteroatoms. The average Bonchev–Trinajstić information content (AvgIpc) is 2.69. The first-order chi connectivity index (χ1) is 12.8. The van der Waals surface area contributed by atoms with Crippen LogP contribution in [0, 0.1) is 11.3 Å². The summed E-state index contributed by atoms with van der Waals surface area (Å²) in [6.45, 7) is 2.38. The number of benzene rings is 3. The van der Waals surface area contributed by atoms with Gasteiger partial charge in [0.25, 0.3) is 0 Å². The van der Waals surface area contributed by atoms with Gasteiger partial charge in [-0.25, -0.2) is 0 Å². The summed E-state index contributed by atoms with van der Waals surface area (Å²) in [6.07, 6.45) is 0. The molecule has 3 aromatic rings.